The molecule has 0 aliphatic rings. The molecule has 0 spiro atoms. The Kier molecular flexibility index (Phi) is 11.1. The molecule has 1 aromatic carbocycles. The molecule has 0 bridgehead atoms. The van der Waals surface area contributed by atoms with Crippen molar-refractivity contribution in [2.24, 2.45) is 11.7 Å². The van der Waals surface area contributed by atoms with Crippen molar-refractivity contribution in [1.29, 1.82) is 0 Å². The maximum atomic E-state index is 12.8. The van der Waals surface area contributed by atoms with Crippen LogP contribution in [-0.4, -0.2) is 19.0 Å². The van der Waals surface area contributed by atoms with Crippen LogP contribution in [0.3, 0.4) is 0 Å². The second kappa shape index (κ2) is 10.6. The second-order valence-electron chi connectivity index (χ2n) is 4.81. The van der Waals surface area contributed by atoms with Gasteiger partial charge in [0.25, 0.3) is 0 Å². The zero-order chi connectivity index (χ0) is 16.0. The minimum atomic E-state index is -4.46. The van der Waals surface area contributed by atoms with Crippen LogP contribution in [0.5, 0.6) is 0 Å². The molecule has 0 aliphatic heterocycles. The molecule has 1 aromatic rings. The van der Waals surface area contributed by atoms with Gasteiger partial charge in [0.05, 0.1) is 16.9 Å². The van der Waals surface area contributed by atoms with Crippen molar-refractivity contribution in [2.75, 3.05) is 23.7 Å². The maximum absolute atomic E-state index is 12.8. The first-order valence-electron chi connectivity index (χ1n) is 6.75. The molecule has 1 amide bonds. The topological polar surface area (TPSA) is 67.1 Å². The monoisotopic (exact) mass is 375 g/mol. The van der Waals surface area contributed by atoms with E-state index in [1.54, 1.807) is 6.92 Å². The van der Waals surface area contributed by atoms with Crippen LogP contribution >= 0.6 is 24.8 Å². The van der Waals surface area contributed by atoms with Crippen LogP contribution in [0, 0.1) is 5.92 Å². The average molecular weight is 376 g/mol. The highest BCUT2D eigenvalue weighted by Crippen LogP contribution is 2.34. The van der Waals surface area contributed by atoms with Crippen LogP contribution in [0.1, 0.15) is 25.8 Å². The molecule has 1 unspecified atom stereocenters. The molecule has 0 heterocycles. The van der Waals surface area contributed by atoms with Crippen LogP contribution in [-0.2, 0) is 11.0 Å². The van der Waals surface area contributed by atoms with E-state index in [1.807, 2.05) is 6.92 Å². The normalized spacial score (nSPS) is 11.7. The summed E-state index contributed by atoms with van der Waals surface area (Å²) in [5.74, 6) is -0.880. The minimum Gasteiger partial charge on any atom is -0.383 e. The van der Waals surface area contributed by atoms with Gasteiger partial charge in [-0.05, 0) is 24.6 Å². The van der Waals surface area contributed by atoms with Crippen LogP contribution < -0.4 is 16.4 Å². The minimum absolute atomic E-state index is 0. The summed E-state index contributed by atoms with van der Waals surface area (Å²) >= 11 is 0. The van der Waals surface area contributed by atoms with E-state index in [1.165, 1.54) is 6.07 Å². The van der Waals surface area contributed by atoms with Crippen LogP contribution in [0.4, 0.5) is 24.5 Å². The van der Waals surface area contributed by atoms with E-state index in [9.17, 15) is 18.0 Å². The lowest BCUT2D eigenvalue weighted by Crippen LogP contribution is -2.27. The Balaban J connectivity index is 0. The van der Waals surface area contributed by atoms with Gasteiger partial charge in [0.2, 0.25) is 5.91 Å². The first-order valence-corrected chi connectivity index (χ1v) is 6.75. The lowest BCUT2D eigenvalue weighted by atomic mass is 10.1. The van der Waals surface area contributed by atoms with E-state index in [-0.39, 0.29) is 37.0 Å². The summed E-state index contributed by atoms with van der Waals surface area (Å²) in [6.45, 7) is 4.27. The molecule has 0 aromatic heterocycles. The Morgan fingerprint density at radius 3 is 2.35 bits per heavy atom. The number of hydrogen-bond donors (Lipinski definition) is 3. The molecule has 134 valence electrons. The molecule has 4 nitrogen and oxygen atoms in total. The summed E-state index contributed by atoms with van der Waals surface area (Å²) in [4.78, 5) is 11.8. The highest BCUT2D eigenvalue weighted by molar-refractivity contribution is 5.95. The molecule has 0 saturated heterocycles. The molecule has 1 rings (SSSR count). The third-order valence-corrected chi connectivity index (χ3v) is 2.97. The number of rotatable bonds is 6. The molecule has 0 fully saturated rings. The number of nitrogens with one attached hydrogen (secondary N) is 2. The smallest absolute Gasteiger partial charge is 0.383 e. The molecule has 4 N–H and O–H groups in total. The van der Waals surface area contributed by atoms with Gasteiger partial charge in [-0.3, -0.25) is 4.79 Å². The Morgan fingerprint density at radius 1 is 1.26 bits per heavy atom. The zero-order valence-corrected chi connectivity index (χ0v) is 14.5. The number of benzene rings is 1. The zero-order valence-electron chi connectivity index (χ0n) is 12.9. The largest absolute Gasteiger partial charge is 0.416 e. The highest BCUT2D eigenvalue weighted by Gasteiger charge is 2.31. The van der Waals surface area contributed by atoms with Gasteiger partial charge in [0.15, 0.2) is 0 Å². The average Bonchev–Trinajstić information content (AvgIpc) is 2.43. The van der Waals surface area contributed by atoms with Crippen molar-refractivity contribution in [3.63, 3.8) is 0 Å². The van der Waals surface area contributed by atoms with Gasteiger partial charge in [-0.2, -0.15) is 13.2 Å². The number of carbonyl (C=O) groups is 1. The fourth-order valence-corrected chi connectivity index (χ4v) is 1.60. The number of carbonyl (C=O) groups excluding carboxylic acids is 1. The van der Waals surface area contributed by atoms with E-state index in [0.717, 1.165) is 18.6 Å². The van der Waals surface area contributed by atoms with E-state index < -0.39 is 23.6 Å². The molecule has 0 aliphatic carbocycles. The van der Waals surface area contributed by atoms with Gasteiger partial charge in [-0.1, -0.05) is 13.8 Å². The lowest BCUT2D eigenvalue weighted by molar-refractivity contribution is -0.137. The number of nitrogens with two attached hydrogens (primary N) is 1. The summed E-state index contributed by atoms with van der Waals surface area (Å²) in [6, 6.07) is 3.24. The summed E-state index contributed by atoms with van der Waals surface area (Å²) < 4.78 is 38.3. The SMILES string of the molecule is CCCNc1ccc(C(F)(F)F)cc1NC(=O)C(C)CN.Cl.Cl. The van der Waals surface area contributed by atoms with Gasteiger partial charge in [-0.15, -0.1) is 24.8 Å². The van der Waals surface area contributed by atoms with Gasteiger partial charge >= 0.3 is 6.18 Å². The van der Waals surface area contributed by atoms with Gasteiger partial charge in [-0.25, -0.2) is 0 Å². The van der Waals surface area contributed by atoms with Crippen molar-refractivity contribution in [3.05, 3.63) is 23.8 Å². The molecule has 1 atom stereocenters. The van der Waals surface area contributed by atoms with Crippen molar-refractivity contribution in [2.45, 2.75) is 26.4 Å². The van der Waals surface area contributed by atoms with Gasteiger partial charge < -0.3 is 16.4 Å². The fourth-order valence-electron chi connectivity index (χ4n) is 1.60. The van der Waals surface area contributed by atoms with E-state index >= 15 is 0 Å². The first-order chi connectivity index (χ1) is 9.79. The van der Waals surface area contributed by atoms with Crippen LogP contribution in [0.25, 0.3) is 0 Å². The summed E-state index contributed by atoms with van der Waals surface area (Å²) in [5.41, 5.74) is 5.16. The van der Waals surface area contributed by atoms with E-state index in [2.05, 4.69) is 10.6 Å². The molecule has 23 heavy (non-hydrogen) atoms. The Morgan fingerprint density at radius 2 is 1.87 bits per heavy atom. The predicted molar refractivity (Wildman–Crippen MR) is 91.6 cm³/mol. The maximum Gasteiger partial charge on any atom is 0.416 e. The molecule has 0 radical (unpaired) electrons. The second-order valence-corrected chi connectivity index (χ2v) is 4.81. The number of alkyl halides is 3. The van der Waals surface area contributed by atoms with E-state index in [4.69, 9.17) is 5.73 Å². The Labute approximate surface area is 146 Å². The van der Waals surface area contributed by atoms with Crippen LogP contribution in [0.15, 0.2) is 18.2 Å². The van der Waals surface area contributed by atoms with Crippen molar-refractivity contribution < 1.29 is 18.0 Å². The van der Waals surface area contributed by atoms with Crippen molar-refractivity contribution in [1.82, 2.24) is 0 Å². The third-order valence-electron chi connectivity index (χ3n) is 2.97. The number of hydrogen-bond acceptors (Lipinski definition) is 3. The summed E-state index contributed by atoms with van der Waals surface area (Å²) in [7, 11) is 0. The number of amides is 1. The standard InChI is InChI=1S/C14H20F3N3O.2ClH/c1-3-6-19-11-5-4-10(14(15,16)17)7-12(11)20-13(21)9(2)8-18;;/h4-5,7,9,19H,3,6,8,18H2,1-2H3,(H,20,21);2*1H. The van der Waals surface area contributed by atoms with Crippen molar-refractivity contribution in [3.8, 4) is 0 Å². The molecular weight excluding hydrogens is 354 g/mol. The quantitative estimate of drug-likeness (QED) is 0.706. The van der Waals surface area contributed by atoms with Gasteiger partial charge in [0.1, 0.15) is 0 Å². The number of anilines is 2. The van der Waals surface area contributed by atoms with E-state index in [0.29, 0.717) is 12.2 Å². The summed E-state index contributed by atoms with van der Waals surface area (Å²) in [5, 5.41) is 5.49. The molecule has 0 saturated carbocycles. The fraction of sp³-hybridized carbons (Fsp3) is 0.500. The van der Waals surface area contributed by atoms with Crippen molar-refractivity contribution >= 4 is 42.1 Å². The number of halogens is 5. The molecular formula is C14H22Cl2F3N3O. The first kappa shape index (κ1) is 24.1. The predicted octanol–water partition coefficient (Wildman–Crippen LogP) is 3.90. The lowest BCUT2D eigenvalue weighted by Gasteiger charge is -2.17. The third kappa shape index (κ3) is 7.28. The van der Waals surface area contributed by atoms with Crippen LogP contribution in [0.2, 0.25) is 0 Å². The Bertz CT molecular complexity index is 499. The van der Waals surface area contributed by atoms with Gasteiger partial charge in [0, 0.05) is 19.0 Å². The highest BCUT2D eigenvalue weighted by atomic mass is 35.5. The summed E-state index contributed by atoms with van der Waals surface area (Å²) in [6.07, 6.45) is -3.64. The Hall–Kier alpha value is -1.18. The molecule has 9 heteroatoms.